The van der Waals surface area contributed by atoms with Gasteiger partial charge in [-0.1, -0.05) is 18.2 Å². The van der Waals surface area contributed by atoms with E-state index in [-0.39, 0.29) is 17.6 Å². The lowest BCUT2D eigenvalue weighted by Gasteiger charge is -2.08. The van der Waals surface area contributed by atoms with Crippen molar-refractivity contribution >= 4 is 16.8 Å². The number of aryl methyl sites for hydroxylation is 1. The molecule has 0 aliphatic carbocycles. The van der Waals surface area contributed by atoms with E-state index in [4.69, 9.17) is 4.74 Å². The summed E-state index contributed by atoms with van der Waals surface area (Å²) in [4.78, 5) is 26.7. The first kappa shape index (κ1) is 17.2. The highest BCUT2D eigenvalue weighted by Crippen LogP contribution is 2.10. The molecule has 0 saturated heterocycles. The summed E-state index contributed by atoms with van der Waals surface area (Å²) >= 11 is 0. The zero-order valence-corrected chi connectivity index (χ0v) is 13.7. The number of rotatable bonds is 8. The molecule has 2 aromatic rings. The zero-order valence-electron chi connectivity index (χ0n) is 13.7. The minimum atomic E-state index is -0.123. The molecular weight excluding hydrogens is 292 g/mol. The van der Waals surface area contributed by atoms with E-state index in [1.165, 1.54) is 0 Å². The number of aromatic amines is 1. The van der Waals surface area contributed by atoms with Crippen molar-refractivity contribution in [3.05, 3.63) is 46.2 Å². The van der Waals surface area contributed by atoms with Crippen LogP contribution in [-0.2, 0) is 16.0 Å². The summed E-state index contributed by atoms with van der Waals surface area (Å²) in [6.07, 6.45) is 1.76. The van der Waals surface area contributed by atoms with Crippen LogP contribution < -0.4 is 10.9 Å². The van der Waals surface area contributed by atoms with E-state index >= 15 is 0 Å². The summed E-state index contributed by atoms with van der Waals surface area (Å²) in [5.74, 6) is -0.0397. The van der Waals surface area contributed by atoms with Gasteiger partial charge in [-0.25, -0.2) is 0 Å². The first-order valence-corrected chi connectivity index (χ1v) is 8.05. The zero-order chi connectivity index (χ0) is 16.7. The van der Waals surface area contributed by atoms with Crippen LogP contribution in [0.4, 0.5) is 0 Å². The summed E-state index contributed by atoms with van der Waals surface area (Å²) in [5, 5.41) is 3.83. The summed E-state index contributed by atoms with van der Waals surface area (Å²) in [6.45, 7) is 5.21. The standard InChI is InChI=1S/C18H24N2O3/c1-13(2)23-11-5-10-19-17(21)9-8-15-12-14-6-3-4-7-16(14)20-18(15)22/h3-4,6-7,12-13H,5,8-11H2,1-2H3,(H,19,21)(H,20,22). The molecule has 0 bridgehead atoms. The first-order valence-electron chi connectivity index (χ1n) is 8.05. The van der Waals surface area contributed by atoms with Crippen LogP contribution in [0, 0.1) is 0 Å². The molecule has 0 saturated carbocycles. The number of carbonyl (C=O) groups is 1. The Morgan fingerprint density at radius 2 is 2.09 bits per heavy atom. The molecule has 1 amide bonds. The Labute approximate surface area is 136 Å². The summed E-state index contributed by atoms with van der Waals surface area (Å²) in [7, 11) is 0. The fourth-order valence-corrected chi connectivity index (χ4v) is 2.33. The van der Waals surface area contributed by atoms with E-state index in [0.717, 1.165) is 17.3 Å². The van der Waals surface area contributed by atoms with Gasteiger partial charge in [0.15, 0.2) is 0 Å². The van der Waals surface area contributed by atoms with Crippen molar-refractivity contribution < 1.29 is 9.53 Å². The normalized spacial score (nSPS) is 11.1. The third-order valence-corrected chi connectivity index (χ3v) is 3.55. The molecule has 5 nitrogen and oxygen atoms in total. The quantitative estimate of drug-likeness (QED) is 0.735. The van der Waals surface area contributed by atoms with Crippen molar-refractivity contribution in [2.45, 2.75) is 39.2 Å². The number of hydrogen-bond acceptors (Lipinski definition) is 3. The van der Waals surface area contributed by atoms with E-state index < -0.39 is 0 Å². The van der Waals surface area contributed by atoms with Crippen LogP contribution in [0.1, 0.15) is 32.3 Å². The first-order chi connectivity index (χ1) is 11.1. The lowest BCUT2D eigenvalue weighted by Crippen LogP contribution is -2.26. The molecule has 23 heavy (non-hydrogen) atoms. The van der Waals surface area contributed by atoms with Gasteiger partial charge >= 0.3 is 0 Å². The van der Waals surface area contributed by atoms with Crippen LogP contribution in [-0.4, -0.2) is 30.1 Å². The van der Waals surface area contributed by atoms with Gasteiger partial charge in [0.2, 0.25) is 5.91 Å². The highest BCUT2D eigenvalue weighted by atomic mass is 16.5. The smallest absolute Gasteiger partial charge is 0.251 e. The molecule has 0 atom stereocenters. The molecule has 1 heterocycles. The molecule has 0 unspecified atom stereocenters. The van der Waals surface area contributed by atoms with Crippen LogP contribution in [0.3, 0.4) is 0 Å². The topological polar surface area (TPSA) is 71.2 Å². The molecule has 0 aliphatic rings. The highest BCUT2D eigenvalue weighted by Gasteiger charge is 2.06. The van der Waals surface area contributed by atoms with Gasteiger partial charge in [-0.3, -0.25) is 9.59 Å². The van der Waals surface area contributed by atoms with Gasteiger partial charge in [-0.2, -0.15) is 0 Å². The number of nitrogens with one attached hydrogen (secondary N) is 2. The lowest BCUT2D eigenvalue weighted by molar-refractivity contribution is -0.121. The van der Waals surface area contributed by atoms with Crippen LogP contribution in [0.2, 0.25) is 0 Å². The number of ether oxygens (including phenoxy) is 1. The van der Waals surface area contributed by atoms with Gasteiger partial charge in [-0.05, 0) is 44.2 Å². The van der Waals surface area contributed by atoms with E-state index in [9.17, 15) is 9.59 Å². The molecule has 0 aliphatic heterocycles. The van der Waals surface area contributed by atoms with Gasteiger partial charge < -0.3 is 15.0 Å². The number of benzene rings is 1. The summed E-state index contributed by atoms with van der Waals surface area (Å²) in [6, 6.07) is 9.48. The maximum atomic E-state index is 12.0. The van der Waals surface area contributed by atoms with Crippen molar-refractivity contribution in [1.82, 2.24) is 10.3 Å². The number of fused-ring (bicyclic) bond motifs is 1. The highest BCUT2D eigenvalue weighted by molar-refractivity contribution is 5.79. The molecule has 1 aromatic carbocycles. The predicted molar refractivity (Wildman–Crippen MR) is 91.6 cm³/mol. The third kappa shape index (κ3) is 5.53. The molecule has 0 radical (unpaired) electrons. The number of amides is 1. The second kappa shape index (κ2) is 8.48. The van der Waals surface area contributed by atoms with Crippen LogP contribution in [0.5, 0.6) is 0 Å². The number of para-hydroxylation sites is 1. The van der Waals surface area contributed by atoms with E-state index in [2.05, 4.69) is 10.3 Å². The Balaban J connectivity index is 1.80. The van der Waals surface area contributed by atoms with Crippen LogP contribution in [0.25, 0.3) is 10.9 Å². The van der Waals surface area contributed by atoms with Crippen LogP contribution >= 0.6 is 0 Å². The molecule has 124 valence electrons. The Morgan fingerprint density at radius 1 is 1.30 bits per heavy atom. The molecule has 0 spiro atoms. The van der Waals surface area contributed by atoms with Gasteiger partial charge in [0.05, 0.1) is 6.10 Å². The maximum absolute atomic E-state index is 12.0. The fourth-order valence-electron chi connectivity index (χ4n) is 2.33. The molecule has 2 N–H and O–H groups in total. The van der Waals surface area contributed by atoms with Gasteiger partial charge in [0.1, 0.15) is 0 Å². The van der Waals surface area contributed by atoms with E-state index in [0.29, 0.717) is 31.6 Å². The minimum Gasteiger partial charge on any atom is -0.379 e. The van der Waals surface area contributed by atoms with Gasteiger partial charge in [0, 0.05) is 30.7 Å². The summed E-state index contributed by atoms with van der Waals surface area (Å²) in [5.41, 5.74) is 1.33. The molecular formula is C18H24N2O3. The SMILES string of the molecule is CC(C)OCCCNC(=O)CCc1cc2ccccc2[nH]c1=O. The van der Waals surface area contributed by atoms with Crippen molar-refractivity contribution in [2.24, 2.45) is 0 Å². The Kier molecular flexibility index (Phi) is 6.35. The molecule has 5 heteroatoms. The largest absolute Gasteiger partial charge is 0.379 e. The van der Waals surface area contributed by atoms with Crippen LogP contribution in [0.15, 0.2) is 35.1 Å². The monoisotopic (exact) mass is 316 g/mol. The van der Waals surface area contributed by atoms with Crippen molar-refractivity contribution in [2.75, 3.05) is 13.2 Å². The average molecular weight is 316 g/mol. The maximum Gasteiger partial charge on any atom is 0.251 e. The lowest BCUT2D eigenvalue weighted by atomic mass is 10.1. The fraction of sp³-hybridized carbons (Fsp3) is 0.444. The second-order valence-electron chi connectivity index (χ2n) is 5.83. The van der Waals surface area contributed by atoms with Crippen molar-refractivity contribution in [3.63, 3.8) is 0 Å². The Hall–Kier alpha value is -2.14. The molecule has 2 rings (SSSR count). The van der Waals surface area contributed by atoms with Gasteiger partial charge in [0.25, 0.3) is 5.56 Å². The van der Waals surface area contributed by atoms with Crippen molar-refractivity contribution in [3.8, 4) is 0 Å². The number of aromatic nitrogens is 1. The molecule has 1 aromatic heterocycles. The van der Waals surface area contributed by atoms with Crippen molar-refractivity contribution in [1.29, 1.82) is 0 Å². The predicted octanol–water partition coefficient (Wildman–Crippen LogP) is 2.39. The Bertz CT molecular complexity index is 707. The number of H-pyrrole nitrogens is 1. The summed E-state index contributed by atoms with van der Waals surface area (Å²) < 4.78 is 5.41. The van der Waals surface area contributed by atoms with E-state index in [1.54, 1.807) is 0 Å². The van der Waals surface area contributed by atoms with Gasteiger partial charge in [-0.15, -0.1) is 0 Å². The minimum absolute atomic E-state index is 0.0397. The molecule has 0 fully saturated rings. The second-order valence-corrected chi connectivity index (χ2v) is 5.83. The number of pyridine rings is 1. The van der Waals surface area contributed by atoms with E-state index in [1.807, 2.05) is 44.2 Å². The third-order valence-electron chi connectivity index (χ3n) is 3.55. The Morgan fingerprint density at radius 3 is 2.87 bits per heavy atom. The number of hydrogen-bond donors (Lipinski definition) is 2. The average Bonchev–Trinajstić information content (AvgIpc) is 2.52. The number of carbonyl (C=O) groups excluding carboxylic acids is 1.